The Bertz CT molecular complexity index is 1830. The largest absolute Gasteiger partial charge is 0.491 e. The van der Waals surface area contributed by atoms with Crippen molar-refractivity contribution in [1.29, 1.82) is 5.41 Å². The first-order valence-corrected chi connectivity index (χ1v) is 13.4. The molecule has 0 aliphatic heterocycles. The third-order valence-electron chi connectivity index (χ3n) is 5.42. The molecule has 0 bridgehead atoms. The molecule has 0 aliphatic carbocycles. The minimum Gasteiger partial charge on any atom is -0.456 e. The van der Waals surface area contributed by atoms with E-state index in [-0.39, 0.29) is 32.2 Å². The number of anilines is 1. The maximum absolute atomic E-state index is 12.9. The minimum atomic E-state index is -5.44. The fraction of sp³-hybridized carbons (Fsp3) is 0.0385. The maximum Gasteiger partial charge on any atom is 0.491 e. The molecule has 4 rings (SSSR count). The van der Waals surface area contributed by atoms with E-state index in [1.807, 2.05) is 0 Å². The number of amidine groups is 1. The lowest BCUT2D eigenvalue weighted by Crippen LogP contribution is -2.28. The van der Waals surface area contributed by atoms with Gasteiger partial charge in [-0.15, -0.1) is 0 Å². The van der Waals surface area contributed by atoms with Crippen LogP contribution in [0.2, 0.25) is 10.0 Å². The average Bonchev–Trinajstić information content (AvgIpc) is 2.89. The van der Waals surface area contributed by atoms with E-state index >= 15 is 0 Å². The number of carbonyl (C=O) groups excluding carboxylic acids is 2. The number of alkyl halides is 3. The van der Waals surface area contributed by atoms with Crippen molar-refractivity contribution in [3.05, 3.63) is 94.0 Å². The molecule has 0 aromatic heterocycles. The van der Waals surface area contributed by atoms with E-state index in [2.05, 4.69) is 9.46 Å². The number of esters is 2. The molecule has 0 amide bonds. The van der Waals surface area contributed by atoms with Crippen LogP contribution in [0.15, 0.2) is 77.7 Å². The van der Waals surface area contributed by atoms with Gasteiger partial charge in [0.1, 0.15) is 22.9 Å². The van der Waals surface area contributed by atoms with E-state index < -0.39 is 39.5 Å². The van der Waals surface area contributed by atoms with Crippen molar-refractivity contribution >= 4 is 67.5 Å². The van der Waals surface area contributed by atoms with Crippen LogP contribution in [0, 0.1) is 5.41 Å². The standard InChI is InChI=1S/C26H16Cl2F3N3O6S/c27-20-8-6-18(12-21(20)28)41(37,38)34-16-4-7-19(24(35)40-25(36)26(29,30)31)22(11-16)39-17-5-3-13-9-15(23(32)33)2-1-14(13)10-17/h1-12,34H,(H3,32,33). The number of rotatable bonds is 7. The van der Waals surface area contributed by atoms with Gasteiger partial charge in [-0.1, -0.05) is 41.4 Å². The lowest BCUT2D eigenvalue weighted by Gasteiger charge is -2.15. The van der Waals surface area contributed by atoms with Gasteiger partial charge < -0.3 is 15.2 Å². The van der Waals surface area contributed by atoms with Crippen LogP contribution < -0.4 is 15.2 Å². The molecule has 4 aromatic carbocycles. The Morgan fingerprint density at radius 1 is 0.878 bits per heavy atom. The smallest absolute Gasteiger partial charge is 0.456 e. The SMILES string of the molecule is N=C(N)c1ccc2cc(Oc3cc(NS(=O)(=O)c4ccc(Cl)c(Cl)c4)ccc3C(=O)OC(=O)C(F)(F)F)ccc2c1. The van der Waals surface area contributed by atoms with Crippen molar-refractivity contribution in [2.75, 3.05) is 4.72 Å². The summed E-state index contributed by atoms with van der Waals surface area (Å²) in [6.07, 6.45) is -5.44. The second kappa shape index (κ2) is 11.3. The van der Waals surface area contributed by atoms with Crippen molar-refractivity contribution in [3.63, 3.8) is 0 Å². The van der Waals surface area contributed by atoms with E-state index in [1.54, 1.807) is 24.3 Å². The van der Waals surface area contributed by atoms with Gasteiger partial charge >= 0.3 is 18.1 Å². The van der Waals surface area contributed by atoms with E-state index in [9.17, 15) is 31.2 Å². The molecule has 0 spiro atoms. The number of benzene rings is 4. The van der Waals surface area contributed by atoms with Crippen LogP contribution in [0.5, 0.6) is 11.5 Å². The van der Waals surface area contributed by atoms with Crippen molar-refractivity contribution in [2.45, 2.75) is 11.1 Å². The van der Waals surface area contributed by atoms with Crippen LogP contribution >= 0.6 is 23.2 Å². The maximum atomic E-state index is 12.9. The summed E-state index contributed by atoms with van der Waals surface area (Å²) in [4.78, 5) is 23.5. The van der Waals surface area contributed by atoms with Gasteiger partial charge in [0, 0.05) is 11.6 Å². The summed E-state index contributed by atoms with van der Waals surface area (Å²) in [6.45, 7) is 0. The summed E-state index contributed by atoms with van der Waals surface area (Å²) in [5.74, 6) is -4.92. The highest BCUT2D eigenvalue weighted by Crippen LogP contribution is 2.33. The van der Waals surface area contributed by atoms with E-state index in [1.165, 1.54) is 24.3 Å². The molecule has 0 heterocycles. The molecule has 0 unspecified atom stereocenters. The van der Waals surface area contributed by atoms with Crippen LogP contribution in [-0.2, 0) is 19.6 Å². The normalized spacial score (nSPS) is 11.6. The predicted molar refractivity (Wildman–Crippen MR) is 145 cm³/mol. The van der Waals surface area contributed by atoms with Crippen molar-refractivity contribution in [2.24, 2.45) is 5.73 Å². The lowest BCUT2D eigenvalue weighted by molar-refractivity contribution is -0.193. The third-order valence-corrected chi connectivity index (χ3v) is 7.54. The highest BCUT2D eigenvalue weighted by atomic mass is 35.5. The summed E-state index contributed by atoms with van der Waals surface area (Å²) >= 11 is 11.8. The number of carbonyl (C=O) groups is 2. The summed E-state index contributed by atoms with van der Waals surface area (Å²) < 4.78 is 75.8. The number of nitrogen functional groups attached to an aromatic ring is 1. The molecule has 0 saturated carbocycles. The van der Waals surface area contributed by atoms with Gasteiger partial charge in [-0.3, -0.25) is 10.1 Å². The number of hydrogen-bond acceptors (Lipinski definition) is 7. The Morgan fingerprint density at radius 2 is 1.56 bits per heavy atom. The molecule has 0 aliphatic rings. The Morgan fingerprint density at radius 3 is 2.22 bits per heavy atom. The molecule has 41 heavy (non-hydrogen) atoms. The summed E-state index contributed by atoms with van der Waals surface area (Å²) in [6, 6.07) is 16.0. The summed E-state index contributed by atoms with van der Waals surface area (Å²) in [5.41, 5.74) is 5.22. The van der Waals surface area contributed by atoms with Crippen LogP contribution in [0.3, 0.4) is 0 Å². The van der Waals surface area contributed by atoms with Crippen molar-refractivity contribution in [1.82, 2.24) is 0 Å². The minimum absolute atomic E-state index is 0.0299. The Labute approximate surface area is 240 Å². The zero-order chi connectivity index (χ0) is 30.1. The monoisotopic (exact) mass is 625 g/mol. The van der Waals surface area contributed by atoms with Crippen LogP contribution in [0.1, 0.15) is 15.9 Å². The highest BCUT2D eigenvalue weighted by molar-refractivity contribution is 7.92. The number of fused-ring (bicyclic) bond motifs is 1. The molecule has 0 saturated heterocycles. The fourth-order valence-corrected chi connectivity index (χ4v) is 4.91. The first-order chi connectivity index (χ1) is 19.1. The summed E-state index contributed by atoms with van der Waals surface area (Å²) in [7, 11) is -4.25. The quantitative estimate of drug-likeness (QED) is 0.0948. The van der Waals surface area contributed by atoms with Gasteiger partial charge in [-0.2, -0.15) is 13.2 Å². The van der Waals surface area contributed by atoms with Gasteiger partial charge in [0.05, 0.1) is 20.6 Å². The van der Waals surface area contributed by atoms with Gasteiger partial charge in [-0.05, 0) is 59.3 Å². The van der Waals surface area contributed by atoms with E-state index in [0.717, 1.165) is 24.3 Å². The molecule has 9 nitrogen and oxygen atoms in total. The summed E-state index contributed by atoms with van der Waals surface area (Å²) in [5, 5.41) is 8.93. The van der Waals surface area contributed by atoms with Gasteiger partial charge in [0.15, 0.2) is 0 Å². The molecule has 0 atom stereocenters. The Hall–Kier alpha value is -4.33. The van der Waals surface area contributed by atoms with Crippen LogP contribution in [0.25, 0.3) is 10.8 Å². The Kier molecular flexibility index (Phi) is 8.15. The van der Waals surface area contributed by atoms with Gasteiger partial charge in [0.25, 0.3) is 10.0 Å². The zero-order valence-corrected chi connectivity index (χ0v) is 22.6. The van der Waals surface area contributed by atoms with Gasteiger partial charge in [0.2, 0.25) is 0 Å². The fourth-order valence-electron chi connectivity index (χ4n) is 3.48. The van der Waals surface area contributed by atoms with Gasteiger partial charge in [-0.25, -0.2) is 18.0 Å². The highest BCUT2D eigenvalue weighted by Gasteiger charge is 2.43. The molecular weight excluding hydrogens is 610 g/mol. The second-order valence-electron chi connectivity index (χ2n) is 8.31. The number of hydrogen-bond donors (Lipinski definition) is 3. The van der Waals surface area contributed by atoms with Crippen molar-refractivity contribution < 1.29 is 40.7 Å². The lowest BCUT2D eigenvalue weighted by atomic mass is 10.1. The first-order valence-electron chi connectivity index (χ1n) is 11.2. The molecule has 212 valence electrons. The van der Waals surface area contributed by atoms with E-state index in [4.69, 9.17) is 39.1 Å². The molecule has 0 radical (unpaired) electrons. The molecular formula is C26H16Cl2F3N3O6S. The zero-order valence-electron chi connectivity index (χ0n) is 20.3. The number of ether oxygens (including phenoxy) is 2. The molecule has 0 fully saturated rings. The Balaban J connectivity index is 1.72. The topological polar surface area (TPSA) is 149 Å². The molecule has 4 aromatic rings. The predicted octanol–water partition coefficient (Wildman–Crippen LogP) is 6.27. The van der Waals surface area contributed by atoms with Crippen LogP contribution in [0.4, 0.5) is 18.9 Å². The van der Waals surface area contributed by atoms with Crippen LogP contribution in [-0.4, -0.2) is 32.4 Å². The number of nitrogens with one attached hydrogen (secondary N) is 2. The number of sulfonamides is 1. The first kappa shape index (κ1) is 29.6. The molecule has 15 heteroatoms. The van der Waals surface area contributed by atoms with Crippen molar-refractivity contribution in [3.8, 4) is 11.5 Å². The second-order valence-corrected chi connectivity index (χ2v) is 10.8. The average molecular weight is 626 g/mol. The number of halogens is 5. The molecule has 4 N–H and O–H groups in total. The number of nitrogens with two attached hydrogens (primary N) is 1. The third kappa shape index (κ3) is 6.88. The van der Waals surface area contributed by atoms with E-state index in [0.29, 0.717) is 16.3 Å².